The highest BCUT2D eigenvalue weighted by Gasteiger charge is 2.22. The molecular weight excluding hydrogens is 352 g/mol. The van der Waals surface area contributed by atoms with Gasteiger partial charge in [0.15, 0.2) is 0 Å². The second kappa shape index (κ2) is 7.90. The van der Waals surface area contributed by atoms with Crippen molar-refractivity contribution in [3.8, 4) is 0 Å². The van der Waals surface area contributed by atoms with E-state index >= 15 is 0 Å². The van der Waals surface area contributed by atoms with Crippen LogP contribution in [-0.4, -0.2) is 36.9 Å². The van der Waals surface area contributed by atoms with Crippen molar-refractivity contribution >= 4 is 27.3 Å². The lowest BCUT2D eigenvalue weighted by atomic mass is 10.2. The molecule has 0 aliphatic carbocycles. The molecule has 1 heterocycles. The molecule has 0 aliphatic heterocycles. The molecule has 0 spiro atoms. The minimum Gasteiger partial charge on any atom is -0.321 e. The third-order valence-corrected chi connectivity index (χ3v) is 5.20. The van der Waals surface area contributed by atoms with E-state index in [1.807, 2.05) is 31.5 Å². The number of nitrogens with zero attached hydrogens (tertiary/aromatic N) is 3. The summed E-state index contributed by atoms with van der Waals surface area (Å²) in [5, 5.41) is 7.24. The SMILES string of the molecule is CCCn1nc(C)c(NC(=O)CN(c2cccc(C)c2)S(C)(=O)=O)c1C. The number of benzene rings is 1. The smallest absolute Gasteiger partial charge is 0.245 e. The van der Waals surface area contributed by atoms with Gasteiger partial charge in [-0.1, -0.05) is 19.1 Å². The van der Waals surface area contributed by atoms with Crippen molar-refractivity contribution in [1.82, 2.24) is 9.78 Å². The normalized spacial score (nSPS) is 11.4. The molecule has 0 atom stereocenters. The van der Waals surface area contributed by atoms with Crippen LogP contribution in [0, 0.1) is 20.8 Å². The van der Waals surface area contributed by atoms with E-state index in [0.29, 0.717) is 17.1 Å². The monoisotopic (exact) mass is 378 g/mol. The average Bonchev–Trinajstić information content (AvgIpc) is 2.79. The van der Waals surface area contributed by atoms with E-state index in [1.54, 1.807) is 18.2 Å². The van der Waals surface area contributed by atoms with Crippen LogP contribution < -0.4 is 9.62 Å². The Balaban J connectivity index is 2.24. The minimum atomic E-state index is -3.59. The topological polar surface area (TPSA) is 84.3 Å². The van der Waals surface area contributed by atoms with Crippen molar-refractivity contribution in [2.45, 2.75) is 40.7 Å². The average molecular weight is 378 g/mol. The lowest BCUT2D eigenvalue weighted by Crippen LogP contribution is -2.37. The number of aromatic nitrogens is 2. The van der Waals surface area contributed by atoms with Crippen LogP contribution in [0.15, 0.2) is 24.3 Å². The largest absolute Gasteiger partial charge is 0.321 e. The molecule has 8 heteroatoms. The Morgan fingerprint density at radius 2 is 1.96 bits per heavy atom. The van der Waals surface area contributed by atoms with Crippen LogP contribution in [0.1, 0.15) is 30.3 Å². The van der Waals surface area contributed by atoms with Gasteiger partial charge in [-0.25, -0.2) is 8.42 Å². The maximum atomic E-state index is 12.5. The Morgan fingerprint density at radius 3 is 2.54 bits per heavy atom. The second-order valence-corrected chi connectivity index (χ2v) is 8.33. The predicted octanol–water partition coefficient (Wildman–Crippen LogP) is 2.62. The molecule has 0 unspecified atom stereocenters. The van der Waals surface area contributed by atoms with E-state index in [4.69, 9.17) is 0 Å². The summed E-state index contributed by atoms with van der Waals surface area (Å²) in [5.74, 6) is -0.404. The van der Waals surface area contributed by atoms with Gasteiger partial charge in [0.25, 0.3) is 0 Å². The van der Waals surface area contributed by atoms with Gasteiger partial charge in [0.2, 0.25) is 15.9 Å². The highest BCUT2D eigenvalue weighted by molar-refractivity contribution is 7.92. The molecule has 0 saturated carbocycles. The Kier molecular flexibility index (Phi) is 6.07. The first-order chi connectivity index (χ1) is 12.1. The van der Waals surface area contributed by atoms with Gasteiger partial charge in [-0.15, -0.1) is 0 Å². The van der Waals surface area contributed by atoms with Crippen molar-refractivity contribution in [1.29, 1.82) is 0 Å². The highest BCUT2D eigenvalue weighted by atomic mass is 32.2. The molecule has 1 N–H and O–H groups in total. The quantitative estimate of drug-likeness (QED) is 0.803. The lowest BCUT2D eigenvalue weighted by molar-refractivity contribution is -0.114. The summed E-state index contributed by atoms with van der Waals surface area (Å²) in [6.45, 7) is 8.12. The second-order valence-electron chi connectivity index (χ2n) is 6.43. The third-order valence-electron chi connectivity index (χ3n) is 4.06. The van der Waals surface area contributed by atoms with Crippen molar-refractivity contribution in [2.24, 2.45) is 0 Å². The number of carbonyl (C=O) groups excluding carboxylic acids is 1. The van der Waals surface area contributed by atoms with Crippen LogP contribution in [0.5, 0.6) is 0 Å². The predicted molar refractivity (Wildman–Crippen MR) is 104 cm³/mol. The summed E-state index contributed by atoms with van der Waals surface area (Å²) in [7, 11) is -3.59. The summed E-state index contributed by atoms with van der Waals surface area (Å²) in [6, 6.07) is 7.06. The van der Waals surface area contributed by atoms with Crippen molar-refractivity contribution in [2.75, 3.05) is 22.4 Å². The van der Waals surface area contributed by atoms with E-state index in [1.165, 1.54) is 0 Å². The number of hydrogen-bond acceptors (Lipinski definition) is 4. The zero-order valence-electron chi connectivity index (χ0n) is 15.9. The number of sulfonamides is 1. The summed E-state index contributed by atoms with van der Waals surface area (Å²) in [4.78, 5) is 12.5. The van der Waals surface area contributed by atoms with Crippen LogP contribution in [0.4, 0.5) is 11.4 Å². The van der Waals surface area contributed by atoms with Gasteiger partial charge < -0.3 is 5.32 Å². The zero-order chi connectivity index (χ0) is 19.5. The summed E-state index contributed by atoms with van der Waals surface area (Å²) in [5.41, 5.74) is 3.60. The first kappa shape index (κ1) is 20.0. The minimum absolute atomic E-state index is 0.292. The van der Waals surface area contributed by atoms with Crippen LogP contribution in [0.2, 0.25) is 0 Å². The number of hydrogen-bond donors (Lipinski definition) is 1. The first-order valence-electron chi connectivity index (χ1n) is 8.51. The third kappa shape index (κ3) is 4.63. The molecule has 142 valence electrons. The number of anilines is 2. The molecule has 1 amide bonds. The number of rotatable bonds is 7. The highest BCUT2D eigenvalue weighted by Crippen LogP contribution is 2.22. The van der Waals surface area contributed by atoms with Gasteiger partial charge in [-0.2, -0.15) is 5.10 Å². The molecule has 0 bridgehead atoms. The number of nitrogens with one attached hydrogen (secondary N) is 1. The fourth-order valence-corrected chi connectivity index (χ4v) is 3.65. The summed E-state index contributed by atoms with van der Waals surface area (Å²) in [6.07, 6.45) is 2.03. The van der Waals surface area contributed by atoms with Gasteiger partial charge in [0, 0.05) is 6.54 Å². The molecule has 1 aromatic heterocycles. The van der Waals surface area contributed by atoms with E-state index in [2.05, 4.69) is 17.3 Å². The van der Waals surface area contributed by atoms with Crippen LogP contribution in [-0.2, 0) is 21.4 Å². The maximum Gasteiger partial charge on any atom is 0.245 e. The molecule has 0 aliphatic rings. The number of carbonyl (C=O) groups is 1. The van der Waals surface area contributed by atoms with Crippen molar-refractivity contribution in [3.05, 3.63) is 41.2 Å². The molecule has 1 aromatic carbocycles. The maximum absolute atomic E-state index is 12.5. The number of aryl methyl sites for hydroxylation is 3. The summed E-state index contributed by atoms with van der Waals surface area (Å²) < 4.78 is 27.3. The number of amides is 1. The molecule has 0 saturated heterocycles. The van der Waals surface area contributed by atoms with Gasteiger partial charge in [0.1, 0.15) is 6.54 Å². The van der Waals surface area contributed by atoms with Gasteiger partial charge in [-0.05, 0) is 44.9 Å². The van der Waals surface area contributed by atoms with Gasteiger partial charge in [0.05, 0.1) is 29.0 Å². The molecule has 2 rings (SSSR count). The van der Waals surface area contributed by atoms with Crippen LogP contribution in [0.25, 0.3) is 0 Å². The van der Waals surface area contributed by atoms with E-state index < -0.39 is 15.9 Å². The summed E-state index contributed by atoms with van der Waals surface area (Å²) >= 11 is 0. The molecule has 2 aromatic rings. The molecule has 7 nitrogen and oxygen atoms in total. The Labute approximate surface area is 155 Å². The fourth-order valence-electron chi connectivity index (χ4n) is 2.80. The fraction of sp³-hybridized carbons (Fsp3) is 0.444. The van der Waals surface area contributed by atoms with Crippen LogP contribution >= 0.6 is 0 Å². The Morgan fingerprint density at radius 1 is 1.27 bits per heavy atom. The van der Waals surface area contributed by atoms with Crippen LogP contribution in [0.3, 0.4) is 0 Å². The zero-order valence-corrected chi connectivity index (χ0v) is 16.7. The standard InChI is InChI=1S/C18H26N4O3S/c1-6-10-21-15(4)18(14(3)20-21)19-17(23)12-22(26(5,24)25)16-9-7-8-13(2)11-16/h7-9,11H,6,10,12H2,1-5H3,(H,19,23). The van der Waals surface area contributed by atoms with Gasteiger partial charge >= 0.3 is 0 Å². The molecular formula is C18H26N4O3S. The van der Waals surface area contributed by atoms with E-state index in [-0.39, 0.29) is 6.54 Å². The first-order valence-corrected chi connectivity index (χ1v) is 10.4. The molecule has 0 fully saturated rings. The van der Waals surface area contributed by atoms with E-state index in [9.17, 15) is 13.2 Å². The molecule has 0 radical (unpaired) electrons. The van der Waals surface area contributed by atoms with Gasteiger partial charge in [-0.3, -0.25) is 13.8 Å². The molecule has 26 heavy (non-hydrogen) atoms. The van der Waals surface area contributed by atoms with Crippen molar-refractivity contribution in [3.63, 3.8) is 0 Å². The Hall–Kier alpha value is -2.35. The van der Waals surface area contributed by atoms with Crippen molar-refractivity contribution < 1.29 is 13.2 Å². The Bertz CT molecular complexity index is 903. The lowest BCUT2D eigenvalue weighted by Gasteiger charge is -2.22. The van der Waals surface area contributed by atoms with E-state index in [0.717, 1.165) is 34.8 Å².